The summed E-state index contributed by atoms with van der Waals surface area (Å²) in [5.41, 5.74) is 0.435. The van der Waals surface area contributed by atoms with Gasteiger partial charge in [-0.05, 0) is 24.3 Å². The number of ether oxygens (including phenoxy) is 1. The minimum absolute atomic E-state index is 0. The van der Waals surface area contributed by atoms with E-state index >= 15 is 0 Å². The smallest absolute Gasteiger partial charge is 0.406 e. The molecule has 2 rings (SSSR count). The van der Waals surface area contributed by atoms with E-state index < -0.39 is 6.36 Å². The van der Waals surface area contributed by atoms with Crippen LogP contribution in [0.25, 0.3) is 0 Å². The van der Waals surface area contributed by atoms with E-state index in [-0.39, 0.29) is 43.0 Å². The largest absolute Gasteiger partial charge is 0.573 e. The third kappa shape index (κ3) is 8.26. The van der Waals surface area contributed by atoms with Gasteiger partial charge >= 0.3 is 6.36 Å². The molecule has 1 aliphatic rings. The molecule has 0 bridgehead atoms. The van der Waals surface area contributed by atoms with Crippen molar-refractivity contribution in [2.24, 2.45) is 0 Å². The Morgan fingerprint density at radius 1 is 1.17 bits per heavy atom. The van der Waals surface area contributed by atoms with Gasteiger partial charge in [-0.2, -0.15) is 0 Å². The van der Waals surface area contributed by atoms with Crippen LogP contribution in [-0.2, 0) is 4.79 Å². The number of rotatable bonds is 4. The van der Waals surface area contributed by atoms with Gasteiger partial charge in [0.2, 0.25) is 5.91 Å². The molecule has 1 heterocycles. The molecule has 132 valence electrons. The SMILES string of the molecule is Cl.Cl.O=C(CN1CCNCC1)Nc1ccc(OC(F)(F)F)cc1. The van der Waals surface area contributed by atoms with E-state index in [9.17, 15) is 18.0 Å². The van der Waals surface area contributed by atoms with Gasteiger partial charge in [0.15, 0.2) is 0 Å². The highest BCUT2D eigenvalue weighted by Gasteiger charge is 2.30. The van der Waals surface area contributed by atoms with Gasteiger partial charge in [-0.15, -0.1) is 38.0 Å². The summed E-state index contributed by atoms with van der Waals surface area (Å²) in [7, 11) is 0. The van der Waals surface area contributed by atoms with Gasteiger partial charge in [0, 0.05) is 31.9 Å². The fourth-order valence-corrected chi connectivity index (χ4v) is 2.01. The van der Waals surface area contributed by atoms with E-state index in [4.69, 9.17) is 0 Å². The lowest BCUT2D eigenvalue weighted by atomic mass is 10.3. The van der Waals surface area contributed by atoms with Crippen LogP contribution >= 0.6 is 24.8 Å². The molecule has 23 heavy (non-hydrogen) atoms. The van der Waals surface area contributed by atoms with Crippen molar-refractivity contribution in [1.29, 1.82) is 0 Å². The van der Waals surface area contributed by atoms with Crippen molar-refractivity contribution in [3.63, 3.8) is 0 Å². The monoisotopic (exact) mass is 375 g/mol. The molecule has 0 spiro atoms. The predicted octanol–water partition coefficient (Wildman–Crippen LogP) is 2.27. The zero-order valence-corrected chi connectivity index (χ0v) is 13.7. The normalized spacial score (nSPS) is 15.1. The van der Waals surface area contributed by atoms with Crippen LogP contribution in [0.2, 0.25) is 0 Å². The van der Waals surface area contributed by atoms with E-state index in [1.165, 1.54) is 12.1 Å². The number of nitrogens with zero attached hydrogens (tertiary/aromatic N) is 1. The van der Waals surface area contributed by atoms with Crippen molar-refractivity contribution in [3.8, 4) is 5.75 Å². The molecule has 1 saturated heterocycles. The molecule has 5 nitrogen and oxygen atoms in total. The number of benzene rings is 1. The lowest BCUT2D eigenvalue weighted by molar-refractivity contribution is -0.274. The average molecular weight is 376 g/mol. The molecule has 10 heteroatoms. The molecule has 2 N–H and O–H groups in total. The molecular weight excluding hydrogens is 358 g/mol. The lowest BCUT2D eigenvalue weighted by Gasteiger charge is -2.26. The van der Waals surface area contributed by atoms with Crippen LogP contribution in [0.15, 0.2) is 24.3 Å². The Kier molecular flexibility index (Phi) is 9.29. The van der Waals surface area contributed by atoms with Crippen molar-refractivity contribution < 1.29 is 22.7 Å². The quantitative estimate of drug-likeness (QED) is 0.847. The first-order chi connectivity index (χ1) is 9.92. The topological polar surface area (TPSA) is 53.6 Å². The van der Waals surface area contributed by atoms with E-state index in [1.807, 2.05) is 4.90 Å². The predicted molar refractivity (Wildman–Crippen MR) is 85.6 cm³/mol. The number of nitrogens with one attached hydrogen (secondary N) is 2. The number of carbonyl (C=O) groups excluding carboxylic acids is 1. The van der Waals surface area contributed by atoms with Crippen molar-refractivity contribution >= 4 is 36.4 Å². The summed E-state index contributed by atoms with van der Waals surface area (Å²) in [5, 5.41) is 5.82. The summed E-state index contributed by atoms with van der Waals surface area (Å²) in [5.74, 6) is -0.510. The van der Waals surface area contributed by atoms with Gasteiger partial charge < -0.3 is 15.4 Å². The first-order valence-corrected chi connectivity index (χ1v) is 6.51. The number of halogens is 5. The molecule has 1 aromatic rings. The molecule has 0 unspecified atom stereocenters. The highest BCUT2D eigenvalue weighted by atomic mass is 35.5. The van der Waals surface area contributed by atoms with Crippen molar-refractivity contribution in [1.82, 2.24) is 10.2 Å². The lowest BCUT2D eigenvalue weighted by Crippen LogP contribution is -2.46. The number of carbonyl (C=O) groups is 1. The van der Waals surface area contributed by atoms with Gasteiger partial charge in [-0.1, -0.05) is 0 Å². The Labute approximate surface area is 144 Å². The van der Waals surface area contributed by atoms with Crippen LogP contribution < -0.4 is 15.4 Å². The van der Waals surface area contributed by atoms with Gasteiger partial charge in [0.25, 0.3) is 0 Å². The van der Waals surface area contributed by atoms with Gasteiger partial charge in [-0.25, -0.2) is 0 Å². The molecule has 0 saturated carbocycles. The fraction of sp³-hybridized carbons (Fsp3) is 0.462. The maximum atomic E-state index is 12.0. The van der Waals surface area contributed by atoms with Crippen LogP contribution in [0, 0.1) is 0 Å². The van der Waals surface area contributed by atoms with Crippen LogP contribution in [0.5, 0.6) is 5.75 Å². The first kappa shape index (κ1) is 21.8. The second-order valence-corrected chi connectivity index (χ2v) is 4.65. The second kappa shape index (κ2) is 9.82. The molecule has 1 aliphatic heterocycles. The van der Waals surface area contributed by atoms with Gasteiger partial charge in [0.05, 0.1) is 6.54 Å². The summed E-state index contributed by atoms with van der Waals surface area (Å²) in [6.07, 6.45) is -4.72. The number of anilines is 1. The molecular formula is C13H18Cl2F3N3O2. The van der Waals surface area contributed by atoms with Crippen LogP contribution in [0.3, 0.4) is 0 Å². The molecule has 1 amide bonds. The maximum Gasteiger partial charge on any atom is 0.573 e. The van der Waals surface area contributed by atoms with Crippen LogP contribution in [-0.4, -0.2) is 49.9 Å². The fourth-order valence-electron chi connectivity index (χ4n) is 2.01. The molecule has 0 aromatic heterocycles. The summed E-state index contributed by atoms with van der Waals surface area (Å²) in [4.78, 5) is 13.8. The maximum absolute atomic E-state index is 12.0. The minimum atomic E-state index is -4.72. The number of hydrogen-bond acceptors (Lipinski definition) is 4. The van der Waals surface area contributed by atoms with E-state index in [0.29, 0.717) is 5.69 Å². The molecule has 1 fully saturated rings. The van der Waals surface area contributed by atoms with Crippen molar-refractivity contribution in [3.05, 3.63) is 24.3 Å². The molecule has 0 atom stereocenters. The standard InChI is InChI=1S/C13H16F3N3O2.2ClH/c14-13(15,16)21-11-3-1-10(2-4-11)18-12(20)9-19-7-5-17-6-8-19;;/h1-4,17H,5-9H2,(H,18,20);2*1H. The van der Waals surface area contributed by atoms with Gasteiger partial charge in [0.1, 0.15) is 5.75 Å². The number of piperazine rings is 1. The zero-order valence-electron chi connectivity index (χ0n) is 12.1. The minimum Gasteiger partial charge on any atom is -0.406 e. The number of amides is 1. The average Bonchev–Trinajstić information content (AvgIpc) is 2.40. The highest BCUT2D eigenvalue weighted by molar-refractivity contribution is 5.92. The summed E-state index contributed by atoms with van der Waals surface area (Å²) in [6.45, 7) is 3.55. The summed E-state index contributed by atoms with van der Waals surface area (Å²) < 4.78 is 39.8. The Hall–Kier alpha value is -1.22. The molecule has 0 aliphatic carbocycles. The van der Waals surface area contributed by atoms with Crippen molar-refractivity contribution in [2.45, 2.75) is 6.36 Å². The molecule has 0 radical (unpaired) electrons. The Balaban J connectivity index is 0.00000242. The van der Waals surface area contributed by atoms with Gasteiger partial charge in [-0.3, -0.25) is 9.69 Å². The van der Waals surface area contributed by atoms with E-state index in [0.717, 1.165) is 38.3 Å². The highest BCUT2D eigenvalue weighted by Crippen LogP contribution is 2.23. The van der Waals surface area contributed by atoms with E-state index in [1.54, 1.807) is 0 Å². The van der Waals surface area contributed by atoms with E-state index in [2.05, 4.69) is 15.4 Å². The Bertz CT molecular complexity index is 480. The third-order valence-corrected chi connectivity index (χ3v) is 2.95. The van der Waals surface area contributed by atoms with Crippen LogP contribution in [0.4, 0.5) is 18.9 Å². The van der Waals surface area contributed by atoms with Crippen LogP contribution in [0.1, 0.15) is 0 Å². The van der Waals surface area contributed by atoms with Crippen molar-refractivity contribution in [2.75, 3.05) is 38.0 Å². The Morgan fingerprint density at radius 2 is 1.74 bits per heavy atom. The summed E-state index contributed by atoms with van der Waals surface area (Å²) in [6, 6.07) is 5.06. The summed E-state index contributed by atoms with van der Waals surface area (Å²) >= 11 is 0. The zero-order chi connectivity index (χ0) is 15.3. The second-order valence-electron chi connectivity index (χ2n) is 4.65. The number of alkyl halides is 3. The third-order valence-electron chi connectivity index (χ3n) is 2.95. The Morgan fingerprint density at radius 3 is 2.26 bits per heavy atom. The number of hydrogen-bond donors (Lipinski definition) is 2. The first-order valence-electron chi connectivity index (χ1n) is 6.51. The molecule has 1 aromatic carbocycles.